The second kappa shape index (κ2) is 16.3. The van der Waals surface area contributed by atoms with Gasteiger partial charge < -0.3 is 5.11 Å². The van der Waals surface area contributed by atoms with Gasteiger partial charge >= 0.3 is 0 Å². The van der Waals surface area contributed by atoms with Crippen LogP contribution in [-0.2, 0) is 4.79 Å². The molecule has 1 aliphatic rings. The van der Waals surface area contributed by atoms with Gasteiger partial charge in [-0.05, 0) is 74.5 Å². The summed E-state index contributed by atoms with van der Waals surface area (Å²) in [6.07, 6.45) is 16.3. The first-order valence-corrected chi connectivity index (χ1v) is 14.4. The maximum Gasteiger partial charge on any atom is 0.139 e. The molecule has 2 heteroatoms. The molecule has 32 heavy (non-hydrogen) atoms. The maximum absolute atomic E-state index is 13.3. The monoisotopic (exact) mass is 450 g/mol. The van der Waals surface area contributed by atoms with Crippen molar-refractivity contribution in [1.82, 2.24) is 0 Å². The van der Waals surface area contributed by atoms with Crippen molar-refractivity contribution in [2.24, 2.45) is 41.4 Å². The Balaban J connectivity index is 2.45. The van der Waals surface area contributed by atoms with E-state index < -0.39 is 0 Å². The van der Waals surface area contributed by atoms with Crippen molar-refractivity contribution < 1.29 is 9.90 Å². The van der Waals surface area contributed by atoms with Crippen LogP contribution in [0.25, 0.3) is 0 Å². The van der Waals surface area contributed by atoms with Gasteiger partial charge in [-0.15, -0.1) is 0 Å². The molecule has 1 saturated carbocycles. The number of unbranched alkanes of at least 4 members (excludes halogenated alkanes) is 1. The van der Waals surface area contributed by atoms with Gasteiger partial charge in [0, 0.05) is 11.8 Å². The Hall–Kier alpha value is -0.370. The average Bonchev–Trinajstić information content (AvgIpc) is 2.78. The lowest BCUT2D eigenvalue weighted by molar-refractivity contribution is -0.130. The highest BCUT2D eigenvalue weighted by atomic mass is 16.3. The Kier molecular flexibility index (Phi) is 15.1. The Bertz CT molecular complexity index is 477. The van der Waals surface area contributed by atoms with Crippen LogP contribution < -0.4 is 0 Å². The molecule has 0 saturated heterocycles. The third-order valence-electron chi connectivity index (χ3n) is 8.89. The van der Waals surface area contributed by atoms with Crippen LogP contribution in [0, 0.1) is 41.4 Å². The number of carbonyl (C=O) groups is 1. The third kappa shape index (κ3) is 10.7. The minimum absolute atomic E-state index is 0.131. The molecule has 5 atom stereocenters. The molecule has 1 rings (SSSR count). The Morgan fingerprint density at radius 3 is 2.06 bits per heavy atom. The van der Waals surface area contributed by atoms with Crippen LogP contribution in [0.4, 0.5) is 0 Å². The molecular weight excluding hydrogens is 392 g/mol. The third-order valence-corrected chi connectivity index (χ3v) is 8.89. The number of hydrogen-bond donors (Lipinski definition) is 1. The summed E-state index contributed by atoms with van der Waals surface area (Å²) in [5, 5.41) is 10.8. The molecule has 1 fully saturated rings. The molecule has 0 bridgehead atoms. The second-order valence-electron chi connectivity index (χ2n) is 11.8. The average molecular weight is 451 g/mol. The number of ketones is 1. The molecule has 0 aliphatic heterocycles. The fourth-order valence-corrected chi connectivity index (χ4v) is 6.25. The molecule has 0 amide bonds. The van der Waals surface area contributed by atoms with Crippen molar-refractivity contribution in [1.29, 1.82) is 0 Å². The van der Waals surface area contributed by atoms with E-state index in [0.29, 0.717) is 29.5 Å². The predicted octanol–water partition coefficient (Wildman–Crippen LogP) is 8.84. The van der Waals surface area contributed by atoms with Gasteiger partial charge in [-0.2, -0.15) is 0 Å². The lowest BCUT2D eigenvalue weighted by atomic mass is 9.71. The molecule has 1 aliphatic carbocycles. The van der Waals surface area contributed by atoms with E-state index in [-0.39, 0.29) is 12.0 Å². The van der Waals surface area contributed by atoms with E-state index in [9.17, 15) is 9.90 Å². The van der Waals surface area contributed by atoms with E-state index in [2.05, 4.69) is 48.5 Å². The van der Waals surface area contributed by atoms with Crippen molar-refractivity contribution in [2.75, 3.05) is 0 Å². The van der Waals surface area contributed by atoms with Crippen molar-refractivity contribution in [3.8, 4) is 0 Å². The summed E-state index contributed by atoms with van der Waals surface area (Å²) in [6.45, 7) is 15.9. The van der Waals surface area contributed by atoms with Crippen molar-refractivity contribution in [3.05, 3.63) is 0 Å². The normalized spacial score (nSPS) is 24.2. The lowest BCUT2D eigenvalue weighted by Crippen LogP contribution is -2.33. The smallest absolute Gasteiger partial charge is 0.139 e. The minimum atomic E-state index is -0.218. The molecule has 0 aromatic rings. The van der Waals surface area contributed by atoms with Crippen LogP contribution in [0.1, 0.15) is 138 Å². The van der Waals surface area contributed by atoms with E-state index in [4.69, 9.17) is 0 Å². The van der Waals surface area contributed by atoms with Gasteiger partial charge in [0.05, 0.1) is 6.10 Å². The molecule has 3 unspecified atom stereocenters. The van der Waals surface area contributed by atoms with E-state index in [1.54, 1.807) is 0 Å². The zero-order valence-corrected chi connectivity index (χ0v) is 22.9. The Morgan fingerprint density at radius 2 is 1.53 bits per heavy atom. The van der Waals surface area contributed by atoms with Gasteiger partial charge in [-0.1, -0.05) is 93.4 Å². The topological polar surface area (TPSA) is 37.3 Å². The summed E-state index contributed by atoms with van der Waals surface area (Å²) in [5.74, 6) is 4.12. The zero-order chi connectivity index (χ0) is 24.1. The first-order valence-electron chi connectivity index (χ1n) is 14.4. The second-order valence-corrected chi connectivity index (χ2v) is 11.8. The number of hydrogen-bond acceptors (Lipinski definition) is 2. The lowest BCUT2D eigenvalue weighted by Gasteiger charge is -2.33. The van der Waals surface area contributed by atoms with Crippen LogP contribution in [0.2, 0.25) is 0 Å². The molecule has 190 valence electrons. The van der Waals surface area contributed by atoms with E-state index in [0.717, 1.165) is 43.9 Å². The number of carbonyl (C=O) groups excluding carboxylic acids is 1. The number of Topliss-reactive ketones (excluding diaryl/α,β-unsaturated/α-hetero) is 1. The highest BCUT2D eigenvalue weighted by Crippen LogP contribution is 2.36. The van der Waals surface area contributed by atoms with Gasteiger partial charge in [0.1, 0.15) is 5.78 Å². The largest absolute Gasteiger partial charge is 0.393 e. The summed E-state index contributed by atoms with van der Waals surface area (Å²) >= 11 is 0. The van der Waals surface area contributed by atoms with Crippen molar-refractivity contribution in [3.63, 3.8) is 0 Å². The van der Waals surface area contributed by atoms with E-state index in [1.165, 1.54) is 57.8 Å². The minimum Gasteiger partial charge on any atom is -0.393 e. The Morgan fingerprint density at radius 1 is 0.875 bits per heavy atom. The molecule has 1 N–H and O–H groups in total. The first kappa shape index (κ1) is 29.7. The van der Waals surface area contributed by atoms with Crippen LogP contribution in [-0.4, -0.2) is 17.0 Å². The number of rotatable bonds is 17. The number of aliphatic hydroxyl groups excluding tert-OH is 1. The molecule has 0 heterocycles. The van der Waals surface area contributed by atoms with E-state index >= 15 is 0 Å². The van der Waals surface area contributed by atoms with Gasteiger partial charge in [0.25, 0.3) is 0 Å². The first-order chi connectivity index (χ1) is 15.2. The molecular formula is C30H58O2. The fourth-order valence-electron chi connectivity index (χ4n) is 6.25. The van der Waals surface area contributed by atoms with E-state index in [1.807, 2.05) is 0 Å². The predicted molar refractivity (Wildman–Crippen MR) is 140 cm³/mol. The molecule has 0 aromatic carbocycles. The zero-order valence-electron chi connectivity index (χ0n) is 22.9. The maximum atomic E-state index is 13.3. The highest BCUT2D eigenvalue weighted by Gasteiger charge is 2.33. The summed E-state index contributed by atoms with van der Waals surface area (Å²) in [5.41, 5.74) is 0. The fraction of sp³-hybridized carbons (Fsp3) is 0.967. The molecule has 2 nitrogen and oxygen atoms in total. The summed E-state index contributed by atoms with van der Waals surface area (Å²) < 4.78 is 0. The quantitative estimate of drug-likeness (QED) is 0.240. The molecule has 0 aromatic heterocycles. The van der Waals surface area contributed by atoms with Crippen LogP contribution in [0.5, 0.6) is 0 Å². The van der Waals surface area contributed by atoms with Crippen molar-refractivity contribution >= 4 is 5.78 Å². The standard InChI is InChI=1S/C30H58O2/c1-8-11-12-25(9-2)14-13-23(6)21-28(31)19-20-29(22(4)5)24(7)30(32)27-17-15-26(10-3)16-18-27/h22-29,31H,8-21H2,1-7H3/t23?,24-,25?,26?,27?,28+,29?/m1/s1. The highest BCUT2D eigenvalue weighted by molar-refractivity contribution is 5.83. The van der Waals surface area contributed by atoms with Gasteiger partial charge in [0.15, 0.2) is 0 Å². The number of aliphatic hydroxyl groups is 1. The van der Waals surface area contributed by atoms with Gasteiger partial charge in [-0.25, -0.2) is 0 Å². The van der Waals surface area contributed by atoms with Crippen LogP contribution >= 0.6 is 0 Å². The summed E-state index contributed by atoms with van der Waals surface area (Å²) in [6, 6.07) is 0. The summed E-state index contributed by atoms with van der Waals surface area (Å²) in [4.78, 5) is 13.3. The van der Waals surface area contributed by atoms with Crippen LogP contribution in [0.15, 0.2) is 0 Å². The SMILES string of the molecule is CCCCC(CC)CCC(C)C[C@@H](O)CCC(C(C)C)[C@@H](C)C(=O)C1CCC(CC)CC1. The molecule has 0 spiro atoms. The van der Waals surface area contributed by atoms with Crippen molar-refractivity contribution in [2.45, 2.75) is 144 Å². The summed E-state index contributed by atoms with van der Waals surface area (Å²) in [7, 11) is 0. The molecule has 0 radical (unpaired) electrons. The van der Waals surface area contributed by atoms with Gasteiger partial charge in [-0.3, -0.25) is 4.79 Å². The Labute approximate surface area is 201 Å². The van der Waals surface area contributed by atoms with Gasteiger partial charge in [0.2, 0.25) is 0 Å². The van der Waals surface area contributed by atoms with Crippen LogP contribution in [0.3, 0.4) is 0 Å².